The number of rotatable bonds is 5. The van der Waals surface area contributed by atoms with Crippen LogP contribution in [0.1, 0.15) is 6.42 Å². The third-order valence-corrected chi connectivity index (χ3v) is 5.17. The van der Waals surface area contributed by atoms with Crippen LogP contribution in [0.2, 0.25) is 0 Å². The van der Waals surface area contributed by atoms with Crippen molar-refractivity contribution in [1.29, 1.82) is 0 Å². The third-order valence-electron chi connectivity index (χ3n) is 3.14. The summed E-state index contributed by atoms with van der Waals surface area (Å²) in [5.41, 5.74) is 1.01. The van der Waals surface area contributed by atoms with Gasteiger partial charge in [-0.15, -0.1) is 12.4 Å². The van der Waals surface area contributed by atoms with E-state index in [4.69, 9.17) is 4.74 Å². The first-order valence-corrected chi connectivity index (χ1v) is 8.63. The van der Waals surface area contributed by atoms with Gasteiger partial charge in [0.25, 0.3) is 0 Å². The second-order valence-corrected chi connectivity index (χ2v) is 7.15. The van der Waals surface area contributed by atoms with Crippen LogP contribution in [0.15, 0.2) is 33.2 Å². The average Bonchev–Trinajstić information content (AvgIpc) is 2.48. The van der Waals surface area contributed by atoms with Crippen molar-refractivity contribution >= 4 is 38.4 Å². The number of hydrogen-bond acceptors (Lipinski definition) is 4. The minimum absolute atomic E-state index is 0. The van der Waals surface area contributed by atoms with Crippen LogP contribution >= 0.6 is 28.3 Å². The smallest absolute Gasteiger partial charge is 0.244 e. The fraction of sp³-hybridized carbons (Fsp3) is 0.385. The number of sulfonamides is 1. The van der Waals surface area contributed by atoms with Gasteiger partial charge in [0.05, 0.1) is 11.6 Å². The SMILES string of the molecule is COc1cc(Br)c(F)cc1S(=O)(=O)NCC1=CCNCC1.Cl. The predicted molar refractivity (Wildman–Crippen MR) is 88.7 cm³/mol. The maximum Gasteiger partial charge on any atom is 0.244 e. The van der Waals surface area contributed by atoms with E-state index in [1.807, 2.05) is 6.08 Å². The van der Waals surface area contributed by atoms with Crippen molar-refractivity contribution in [2.45, 2.75) is 11.3 Å². The molecule has 0 saturated heterocycles. The molecular weight excluding hydrogens is 399 g/mol. The van der Waals surface area contributed by atoms with Gasteiger partial charge in [0.2, 0.25) is 10.0 Å². The Morgan fingerprint density at radius 2 is 2.18 bits per heavy atom. The van der Waals surface area contributed by atoms with Crippen molar-refractivity contribution in [3.63, 3.8) is 0 Å². The summed E-state index contributed by atoms with van der Waals surface area (Å²) in [5.74, 6) is -0.563. The first kappa shape index (κ1) is 19.4. The van der Waals surface area contributed by atoms with E-state index < -0.39 is 15.8 Å². The summed E-state index contributed by atoms with van der Waals surface area (Å²) in [5, 5.41) is 3.15. The molecule has 5 nitrogen and oxygen atoms in total. The van der Waals surface area contributed by atoms with E-state index in [2.05, 4.69) is 26.0 Å². The Labute approximate surface area is 143 Å². The van der Waals surface area contributed by atoms with Gasteiger partial charge in [0.1, 0.15) is 16.5 Å². The molecule has 124 valence electrons. The van der Waals surface area contributed by atoms with Crippen LogP contribution in [0.25, 0.3) is 0 Å². The molecule has 22 heavy (non-hydrogen) atoms. The molecule has 1 aliphatic heterocycles. The monoisotopic (exact) mass is 414 g/mol. The minimum atomic E-state index is -3.84. The summed E-state index contributed by atoms with van der Waals surface area (Å²) in [7, 11) is -2.50. The lowest BCUT2D eigenvalue weighted by Gasteiger charge is -2.16. The molecule has 0 aromatic heterocycles. The Hall–Kier alpha value is -0.670. The molecule has 0 atom stereocenters. The Balaban J connectivity index is 0.00000242. The second kappa shape index (κ2) is 8.26. The van der Waals surface area contributed by atoms with Crippen molar-refractivity contribution in [2.75, 3.05) is 26.7 Å². The number of ether oxygens (including phenoxy) is 1. The van der Waals surface area contributed by atoms with E-state index in [1.54, 1.807) is 0 Å². The normalized spacial score (nSPS) is 15.0. The van der Waals surface area contributed by atoms with Gasteiger partial charge in [0.15, 0.2) is 0 Å². The number of hydrogen-bond donors (Lipinski definition) is 2. The largest absolute Gasteiger partial charge is 0.495 e. The molecule has 9 heteroatoms. The van der Waals surface area contributed by atoms with Gasteiger partial charge in [-0.3, -0.25) is 0 Å². The molecule has 1 aromatic carbocycles. The highest BCUT2D eigenvalue weighted by atomic mass is 79.9. The second-order valence-electron chi connectivity index (χ2n) is 4.56. The third kappa shape index (κ3) is 4.66. The van der Waals surface area contributed by atoms with Crippen molar-refractivity contribution in [1.82, 2.24) is 10.0 Å². The molecule has 1 aromatic rings. The van der Waals surface area contributed by atoms with Gasteiger partial charge in [0, 0.05) is 13.1 Å². The number of methoxy groups -OCH3 is 1. The Morgan fingerprint density at radius 3 is 2.77 bits per heavy atom. The zero-order valence-corrected chi connectivity index (χ0v) is 15.1. The number of benzene rings is 1. The van der Waals surface area contributed by atoms with E-state index in [-0.39, 0.29) is 34.1 Å². The molecule has 0 radical (unpaired) electrons. The molecule has 2 N–H and O–H groups in total. The molecular formula is C13H17BrClFN2O3S. The topological polar surface area (TPSA) is 67.4 Å². The highest BCUT2D eigenvalue weighted by Crippen LogP contribution is 2.29. The van der Waals surface area contributed by atoms with Gasteiger partial charge < -0.3 is 10.1 Å². The summed E-state index contributed by atoms with van der Waals surface area (Å²) < 4.78 is 45.9. The lowest BCUT2D eigenvalue weighted by atomic mass is 10.1. The van der Waals surface area contributed by atoms with E-state index in [0.29, 0.717) is 0 Å². The van der Waals surface area contributed by atoms with Crippen molar-refractivity contribution in [2.24, 2.45) is 0 Å². The van der Waals surface area contributed by atoms with E-state index >= 15 is 0 Å². The van der Waals surface area contributed by atoms with E-state index in [0.717, 1.165) is 31.1 Å². The summed E-state index contributed by atoms with van der Waals surface area (Å²) in [6, 6.07) is 2.25. The van der Waals surface area contributed by atoms with Crippen LogP contribution < -0.4 is 14.8 Å². The van der Waals surface area contributed by atoms with Crippen LogP contribution in [0.5, 0.6) is 5.75 Å². The number of nitrogens with one attached hydrogen (secondary N) is 2. The summed E-state index contributed by atoms with van der Waals surface area (Å²) in [6.45, 7) is 1.77. The maximum absolute atomic E-state index is 13.6. The van der Waals surface area contributed by atoms with Crippen LogP contribution in [-0.2, 0) is 10.0 Å². The molecule has 1 heterocycles. The first-order valence-electron chi connectivity index (χ1n) is 6.35. The van der Waals surface area contributed by atoms with Crippen molar-refractivity contribution in [3.8, 4) is 5.75 Å². The standard InChI is InChI=1S/C13H16BrFN2O3S.ClH/c1-20-12-6-10(14)11(15)7-13(12)21(18,19)17-8-9-2-4-16-5-3-9;/h2,6-7,16-17H,3-5,8H2,1H3;1H. The highest BCUT2D eigenvalue weighted by molar-refractivity contribution is 9.10. The number of halogens is 3. The first-order chi connectivity index (χ1) is 9.94. The van der Waals surface area contributed by atoms with Crippen molar-refractivity contribution in [3.05, 3.63) is 34.1 Å². The van der Waals surface area contributed by atoms with Crippen molar-refractivity contribution < 1.29 is 17.5 Å². The Morgan fingerprint density at radius 1 is 1.45 bits per heavy atom. The molecule has 1 aliphatic rings. The van der Waals surface area contributed by atoms with Crippen LogP contribution in [0.4, 0.5) is 4.39 Å². The molecule has 0 aliphatic carbocycles. The van der Waals surface area contributed by atoms with Gasteiger partial charge in [-0.2, -0.15) is 0 Å². The maximum atomic E-state index is 13.6. The molecule has 0 saturated carbocycles. The van der Waals surface area contributed by atoms with Crippen LogP contribution in [-0.4, -0.2) is 35.2 Å². The van der Waals surface area contributed by atoms with Gasteiger partial charge >= 0.3 is 0 Å². The zero-order valence-electron chi connectivity index (χ0n) is 11.9. The average molecular weight is 416 g/mol. The summed E-state index contributed by atoms with van der Waals surface area (Å²) >= 11 is 3.00. The van der Waals surface area contributed by atoms with E-state index in [9.17, 15) is 12.8 Å². The minimum Gasteiger partial charge on any atom is -0.495 e. The predicted octanol–water partition coefficient (Wildman–Crippen LogP) is 2.22. The molecule has 0 fully saturated rings. The Bertz CT molecular complexity index is 667. The zero-order chi connectivity index (χ0) is 15.5. The molecule has 0 amide bonds. The molecule has 0 unspecified atom stereocenters. The van der Waals surface area contributed by atoms with Gasteiger partial charge in [-0.25, -0.2) is 17.5 Å². The molecule has 0 spiro atoms. The fourth-order valence-corrected chi connectivity index (χ4v) is 3.49. The van der Waals surface area contributed by atoms with Gasteiger partial charge in [-0.05, 0) is 41.0 Å². The fourth-order valence-electron chi connectivity index (χ4n) is 1.98. The van der Waals surface area contributed by atoms with Crippen LogP contribution in [0, 0.1) is 5.82 Å². The van der Waals surface area contributed by atoms with Gasteiger partial charge in [-0.1, -0.05) is 11.6 Å². The Kier molecular flexibility index (Phi) is 7.27. The molecule has 2 rings (SSSR count). The summed E-state index contributed by atoms with van der Waals surface area (Å²) in [4.78, 5) is -0.208. The summed E-state index contributed by atoms with van der Waals surface area (Å²) in [6.07, 6.45) is 2.74. The highest BCUT2D eigenvalue weighted by Gasteiger charge is 2.22. The van der Waals surface area contributed by atoms with E-state index in [1.165, 1.54) is 13.2 Å². The quantitative estimate of drug-likeness (QED) is 0.724. The van der Waals surface area contributed by atoms with Crippen LogP contribution in [0.3, 0.4) is 0 Å². The molecule has 0 bridgehead atoms. The lowest BCUT2D eigenvalue weighted by molar-refractivity contribution is 0.400. The lowest BCUT2D eigenvalue weighted by Crippen LogP contribution is -2.30.